The zero-order valence-electron chi connectivity index (χ0n) is 14.5. The molecule has 1 aliphatic rings. The monoisotopic (exact) mass is 318 g/mol. The Morgan fingerprint density at radius 1 is 0.917 bits per heavy atom. The van der Waals surface area contributed by atoms with Crippen LogP contribution >= 0.6 is 0 Å². The molecule has 0 spiro atoms. The maximum Gasteiger partial charge on any atom is 0.0480 e. The zero-order valence-corrected chi connectivity index (χ0v) is 14.5. The van der Waals surface area contributed by atoms with Crippen molar-refractivity contribution in [3.05, 3.63) is 71.9 Å². The zero-order chi connectivity index (χ0) is 16.4. The van der Waals surface area contributed by atoms with E-state index >= 15 is 0 Å². The summed E-state index contributed by atoms with van der Waals surface area (Å²) in [6.07, 6.45) is 6.04. The molecule has 0 bridgehead atoms. The average Bonchev–Trinajstić information content (AvgIpc) is 2.98. The third kappa shape index (κ3) is 3.11. The molecule has 2 nitrogen and oxygen atoms in total. The molecule has 2 aromatic carbocycles. The van der Waals surface area contributed by atoms with E-state index in [2.05, 4.69) is 77.3 Å². The van der Waals surface area contributed by atoms with E-state index in [-0.39, 0.29) is 0 Å². The predicted octanol–water partition coefficient (Wildman–Crippen LogP) is 4.60. The maximum atomic E-state index is 2.64. The van der Waals surface area contributed by atoms with Crippen LogP contribution in [0, 0.1) is 0 Å². The molecular formula is C22H26N2. The number of rotatable bonds is 4. The number of aromatic nitrogens is 1. The van der Waals surface area contributed by atoms with E-state index in [4.69, 9.17) is 0 Å². The van der Waals surface area contributed by atoms with E-state index in [1.807, 2.05) is 0 Å². The molecule has 1 aromatic heterocycles. The molecule has 0 radical (unpaired) electrons. The van der Waals surface area contributed by atoms with E-state index in [0.29, 0.717) is 0 Å². The molecule has 2 heterocycles. The molecule has 0 aliphatic carbocycles. The van der Waals surface area contributed by atoms with Crippen molar-refractivity contribution in [1.29, 1.82) is 0 Å². The number of piperidine rings is 1. The molecule has 0 saturated carbocycles. The summed E-state index contributed by atoms with van der Waals surface area (Å²) in [6, 6.07) is 19.8. The van der Waals surface area contributed by atoms with Gasteiger partial charge in [-0.05, 0) is 55.5 Å². The molecular weight excluding hydrogens is 292 g/mol. The first-order valence-corrected chi connectivity index (χ1v) is 9.11. The molecule has 4 rings (SSSR count). The van der Waals surface area contributed by atoms with Crippen LogP contribution in [0.1, 0.15) is 29.9 Å². The fraction of sp³-hybridized carbons (Fsp3) is 0.364. The van der Waals surface area contributed by atoms with Crippen molar-refractivity contribution in [1.82, 2.24) is 9.47 Å². The normalized spacial score (nSPS) is 16.7. The minimum Gasteiger partial charge on any atom is -0.350 e. The molecule has 0 N–H and O–H groups in total. The SMILES string of the molecule is Cn1cc(CCN2CCC(c3ccccc3)CC2)c2ccccc21. The Hall–Kier alpha value is -2.06. The molecule has 3 aromatic rings. The van der Waals surface area contributed by atoms with E-state index in [1.54, 1.807) is 0 Å². The van der Waals surface area contributed by atoms with E-state index < -0.39 is 0 Å². The number of aryl methyl sites for hydroxylation is 1. The van der Waals surface area contributed by atoms with Crippen LogP contribution in [0.4, 0.5) is 0 Å². The number of nitrogens with zero attached hydrogens (tertiary/aromatic N) is 2. The highest BCUT2D eigenvalue weighted by Crippen LogP contribution is 2.28. The van der Waals surface area contributed by atoms with E-state index in [0.717, 1.165) is 12.3 Å². The second-order valence-electron chi connectivity index (χ2n) is 7.06. The number of hydrogen-bond acceptors (Lipinski definition) is 1. The Balaban J connectivity index is 1.36. The number of benzene rings is 2. The van der Waals surface area contributed by atoms with Crippen LogP contribution in [-0.4, -0.2) is 29.1 Å². The van der Waals surface area contributed by atoms with Crippen LogP contribution < -0.4 is 0 Å². The van der Waals surface area contributed by atoms with Crippen molar-refractivity contribution in [3.63, 3.8) is 0 Å². The van der Waals surface area contributed by atoms with Gasteiger partial charge in [0.05, 0.1) is 0 Å². The third-order valence-electron chi connectivity index (χ3n) is 5.54. The first kappa shape index (κ1) is 15.5. The summed E-state index contributed by atoms with van der Waals surface area (Å²) < 4.78 is 2.26. The van der Waals surface area contributed by atoms with Gasteiger partial charge in [-0.3, -0.25) is 0 Å². The van der Waals surface area contributed by atoms with Gasteiger partial charge in [-0.15, -0.1) is 0 Å². The first-order valence-electron chi connectivity index (χ1n) is 9.11. The molecule has 1 fully saturated rings. The summed E-state index contributed by atoms with van der Waals surface area (Å²) in [5.41, 5.74) is 4.35. The van der Waals surface area contributed by atoms with Gasteiger partial charge >= 0.3 is 0 Å². The lowest BCUT2D eigenvalue weighted by Gasteiger charge is -2.32. The van der Waals surface area contributed by atoms with Crippen molar-refractivity contribution >= 4 is 10.9 Å². The lowest BCUT2D eigenvalue weighted by Crippen LogP contribution is -2.34. The van der Waals surface area contributed by atoms with Crippen LogP contribution in [0.15, 0.2) is 60.8 Å². The van der Waals surface area contributed by atoms with Crippen molar-refractivity contribution in [3.8, 4) is 0 Å². The van der Waals surface area contributed by atoms with Crippen LogP contribution in [0.25, 0.3) is 10.9 Å². The number of para-hydroxylation sites is 1. The van der Waals surface area contributed by atoms with E-state index in [9.17, 15) is 0 Å². The van der Waals surface area contributed by atoms with Gasteiger partial charge in [-0.2, -0.15) is 0 Å². The van der Waals surface area contributed by atoms with Gasteiger partial charge in [-0.25, -0.2) is 0 Å². The van der Waals surface area contributed by atoms with Crippen LogP contribution in [-0.2, 0) is 13.5 Å². The molecule has 0 atom stereocenters. The van der Waals surface area contributed by atoms with Crippen LogP contribution in [0.2, 0.25) is 0 Å². The summed E-state index contributed by atoms with van der Waals surface area (Å²) in [7, 11) is 2.15. The van der Waals surface area contributed by atoms with Gasteiger partial charge in [0.25, 0.3) is 0 Å². The van der Waals surface area contributed by atoms with Gasteiger partial charge < -0.3 is 9.47 Å². The Morgan fingerprint density at radius 2 is 1.62 bits per heavy atom. The van der Waals surface area contributed by atoms with Crippen LogP contribution in [0.5, 0.6) is 0 Å². The minimum absolute atomic E-state index is 0.750. The summed E-state index contributed by atoms with van der Waals surface area (Å²) in [5.74, 6) is 0.750. The fourth-order valence-corrected chi connectivity index (χ4v) is 4.12. The number of likely N-dealkylation sites (tertiary alicyclic amines) is 1. The summed E-state index contributed by atoms with van der Waals surface area (Å²) in [4.78, 5) is 2.64. The highest BCUT2D eigenvalue weighted by Gasteiger charge is 2.20. The molecule has 0 amide bonds. The average molecular weight is 318 g/mol. The predicted molar refractivity (Wildman–Crippen MR) is 101 cm³/mol. The smallest absolute Gasteiger partial charge is 0.0480 e. The van der Waals surface area contributed by atoms with Gasteiger partial charge in [-0.1, -0.05) is 48.5 Å². The Labute approximate surface area is 144 Å². The summed E-state index contributed by atoms with van der Waals surface area (Å²) in [6.45, 7) is 3.63. The van der Waals surface area contributed by atoms with E-state index in [1.165, 1.54) is 54.5 Å². The highest BCUT2D eigenvalue weighted by molar-refractivity contribution is 5.83. The minimum atomic E-state index is 0.750. The van der Waals surface area contributed by atoms with Crippen molar-refractivity contribution in [2.75, 3.05) is 19.6 Å². The summed E-state index contributed by atoms with van der Waals surface area (Å²) in [5, 5.41) is 1.42. The molecule has 0 unspecified atom stereocenters. The van der Waals surface area contributed by atoms with Gasteiger partial charge in [0.15, 0.2) is 0 Å². The quantitative estimate of drug-likeness (QED) is 0.682. The Bertz CT molecular complexity index is 795. The number of fused-ring (bicyclic) bond motifs is 1. The molecule has 1 saturated heterocycles. The standard InChI is InChI=1S/C22H26N2/c1-23-17-20(21-9-5-6-10-22(21)23)13-16-24-14-11-19(12-15-24)18-7-3-2-4-8-18/h2-10,17,19H,11-16H2,1H3. The second kappa shape index (κ2) is 6.82. The second-order valence-corrected chi connectivity index (χ2v) is 7.06. The topological polar surface area (TPSA) is 8.17 Å². The van der Waals surface area contributed by atoms with Gasteiger partial charge in [0.1, 0.15) is 0 Å². The Kier molecular flexibility index (Phi) is 4.40. The first-order chi connectivity index (χ1) is 11.8. The van der Waals surface area contributed by atoms with Crippen LogP contribution in [0.3, 0.4) is 0 Å². The number of hydrogen-bond donors (Lipinski definition) is 0. The third-order valence-corrected chi connectivity index (χ3v) is 5.54. The molecule has 124 valence electrons. The van der Waals surface area contributed by atoms with Crippen molar-refractivity contribution < 1.29 is 0 Å². The van der Waals surface area contributed by atoms with Gasteiger partial charge in [0, 0.05) is 30.7 Å². The lowest BCUT2D eigenvalue weighted by atomic mass is 9.89. The Morgan fingerprint density at radius 3 is 2.42 bits per heavy atom. The maximum absolute atomic E-state index is 2.64. The highest BCUT2D eigenvalue weighted by atomic mass is 15.1. The molecule has 24 heavy (non-hydrogen) atoms. The van der Waals surface area contributed by atoms with Crippen molar-refractivity contribution in [2.45, 2.75) is 25.2 Å². The fourth-order valence-electron chi connectivity index (χ4n) is 4.12. The molecule has 1 aliphatic heterocycles. The van der Waals surface area contributed by atoms with Crippen molar-refractivity contribution in [2.24, 2.45) is 7.05 Å². The largest absolute Gasteiger partial charge is 0.350 e. The van der Waals surface area contributed by atoms with Gasteiger partial charge in [0.2, 0.25) is 0 Å². The molecule has 2 heteroatoms. The lowest BCUT2D eigenvalue weighted by molar-refractivity contribution is 0.215. The summed E-state index contributed by atoms with van der Waals surface area (Å²) >= 11 is 0.